The highest BCUT2D eigenvalue weighted by atomic mass is 35.5. The molecular formula is C14H20ClNO3. The van der Waals surface area contributed by atoms with Gasteiger partial charge in [-0.25, -0.2) is 0 Å². The van der Waals surface area contributed by atoms with Crippen molar-refractivity contribution in [1.29, 1.82) is 0 Å². The quantitative estimate of drug-likeness (QED) is 0.871. The minimum absolute atomic E-state index is 0.186. The van der Waals surface area contributed by atoms with Crippen molar-refractivity contribution in [3.63, 3.8) is 0 Å². The zero-order valence-corrected chi connectivity index (χ0v) is 12.4. The summed E-state index contributed by atoms with van der Waals surface area (Å²) >= 11 is 6.11. The Morgan fingerprint density at radius 1 is 1.42 bits per heavy atom. The minimum Gasteiger partial charge on any atom is -0.495 e. The number of ether oxygens (including phenoxy) is 1. The van der Waals surface area contributed by atoms with Crippen LogP contribution in [0.2, 0.25) is 5.02 Å². The van der Waals surface area contributed by atoms with Crippen LogP contribution in [0.4, 0.5) is 5.69 Å². The molecule has 1 aromatic carbocycles. The predicted octanol–water partition coefficient (Wildman–Crippen LogP) is 3.28. The third-order valence-electron chi connectivity index (χ3n) is 2.98. The van der Waals surface area contributed by atoms with E-state index in [4.69, 9.17) is 21.4 Å². The summed E-state index contributed by atoms with van der Waals surface area (Å²) in [6.07, 6.45) is 0. The van der Waals surface area contributed by atoms with Crippen molar-refractivity contribution in [1.82, 2.24) is 0 Å². The molecule has 1 aromatic rings. The van der Waals surface area contributed by atoms with Crippen molar-refractivity contribution in [2.75, 3.05) is 18.6 Å². The van der Waals surface area contributed by atoms with Gasteiger partial charge in [0.25, 0.3) is 0 Å². The van der Waals surface area contributed by atoms with Crippen LogP contribution in [0.3, 0.4) is 0 Å². The van der Waals surface area contributed by atoms with Gasteiger partial charge in [-0.05, 0) is 32.0 Å². The molecule has 0 heterocycles. The molecule has 0 amide bonds. The molecule has 0 bridgehead atoms. The fraction of sp³-hybridized carbons (Fsp3) is 0.500. The molecule has 1 atom stereocenters. The van der Waals surface area contributed by atoms with Crippen LogP contribution in [0.15, 0.2) is 18.2 Å². The number of methoxy groups -OCH3 is 1. The second-order valence-corrected chi connectivity index (χ2v) is 5.21. The van der Waals surface area contributed by atoms with E-state index in [2.05, 4.69) is 0 Å². The highest BCUT2D eigenvalue weighted by Gasteiger charge is 2.19. The smallest absolute Gasteiger partial charge is 0.308 e. The lowest BCUT2D eigenvalue weighted by Gasteiger charge is -2.30. The number of nitrogens with zero attached hydrogens (tertiary/aromatic N) is 1. The third kappa shape index (κ3) is 4.03. The van der Waals surface area contributed by atoms with Gasteiger partial charge in [0.2, 0.25) is 0 Å². The first-order chi connectivity index (χ1) is 8.86. The Bertz CT molecular complexity index is 448. The normalized spacial score (nSPS) is 12.3. The van der Waals surface area contributed by atoms with Gasteiger partial charge in [0, 0.05) is 18.3 Å². The molecular weight excluding hydrogens is 266 g/mol. The standard InChI is InChI=1S/C14H20ClNO3/c1-9(2)16(8-10(3)14(17)18)11-5-6-13(19-4)12(15)7-11/h5-7,9-10H,8H2,1-4H3,(H,17,18). The van der Waals surface area contributed by atoms with E-state index in [0.29, 0.717) is 17.3 Å². The first-order valence-electron chi connectivity index (χ1n) is 6.19. The summed E-state index contributed by atoms with van der Waals surface area (Å²) in [5.74, 6) is -0.631. The second-order valence-electron chi connectivity index (χ2n) is 4.80. The molecule has 0 aliphatic carbocycles. The summed E-state index contributed by atoms with van der Waals surface area (Å²) in [5.41, 5.74) is 0.897. The summed E-state index contributed by atoms with van der Waals surface area (Å²) in [6.45, 7) is 6.18. The average molecular weight is 286 g/mol. The van der Waals surface area contributed by atoms with Gasteiger partial charge in [-0.3, -0.25) is 4.79 Å². The molecule has 4 nitrogen and oxygen atoms in total. The minimum atomic E-state index is -0.801. The molecule has 1 unspecified atom stereocenters. The zero-order chi connectivity index (χ0) is 14.6. The molecule has 19 heavy (non-hydrogen) atoms. The van der Waals surface area contributed by atoms with E-state index in [-0.39, 0.29) is 6.04 Å². The number of hydrogen-bond donors (Lipinski definition) is 1. The van der Waals surface area contributed by atoms with Gasteiger partial charge in [-0.2, -0.15) is 0 Å². The molecule has 0 aromatic heterocycles. The van der Waals surface area contributed by atoms with Crippen LogP contribution in [0.1, 0.15) is 20.8 Å². The van der Waals surface area contributed by atoms with Crippen LogP contribution in [0, 0.1) is 5.92 Å². The van der Waals surface area contributed by atoms with Gasteiger partial charge in [-0.15, -0.1) is 0 Å². The Labute approximate surface area is 118 Å². The van der Waals surface area contributed by atoms with Crippen LogP contribution in [-0.2, 0) is 4.79 Å². The number of benzene rings is 1. The van der Waals surface area contributed by atoms with Crippen molar-refractivity contribution in [3.05, 3.63) is 23.2 Å². The fourth-order valence-corrected chi connectivity index (χ4v) is 2.07. The van der Waals surface area contributed by atoms with E-state index >= 15 is 0 Å². The number of anilines is 1. The number of carboxylic acid groups (broad SMARTS) is 1. The largest absolute Gasteiger partial charge is 0.495 e. The lowest BCUT2D eigenvalue weighted by molar-refractivity contribution is -0.140. The van der Waals surface area contributed by atoms with Gasteiger partial charge >= 0.3 is 5.97 Å². The lowest BCUT2D eigenvalue weighted by Crippen LogP contribution is -2.37. The maximum Gasteiger partial charge on any atom is 0.308 e. The first kappa shape index (κ1) is 15.6. The van der Waals surface area contributed by atoms with E-state index in [1.807, 2.05) is 24.8 Å². The van der Waals surface area contributed by atoms with E-state index in [1.165, 1.54) is 0 Å². The number of carboxylic acids is 1. The Morgan fingerprint density at radius 2 is 2.05 bits per heavy atom. The van der Waals surface area contributed by atoms with Crippen LogP contribution >= 0.6 is 11.6 Å². The van der Waals surface area contributed by atoms with Crippen molar-refractivity contribution < 1.29 is 14.6 Å². The molecule has 1 N–H and O–H groups in total. The fourth-order valence-electron chi connectivity index (χ4n) is 1.82. The predicted molar refractivity (Wildman–Crippen MR) is 77.3 cm³/mol. The summed E-state index contributed by atoms with van der Waals surface area (Å²) in [4.78, 5) is 13.0. The Morgan fingerprint density at radius 3 is 2.47 bits per heavy atom. The summed E-state index contributed by atoms with van der Waals surface area (Å²) in [5, 5.41) is 9.55. The topological polar surface area (TPSA) is 49.8 Å². The molecule has 106 valence electrons. The molecule has 0 aliphatic heterocycles. The first-order valence-corrected chi connectivity index (χ1v) is 6.57. The molecule has 0 aliphatic rings. The zero-order valence-electron chi connectivity index (χ0n) is 11.7. The molecule has 0 saturated heterocycles. The van der Waals surface area contributed by atoms with Gasteiger partial charge < -0.3 is 14.7 Å². The highest BCUT2D eigenvalue weighted by molar-refractivity contribution is 6.32. The Kier molecular flexibility index (Phi) is 5.48. The summed E-state index contributed by atoms with van der Waals surface area (Å²) < 4.78 is 5.11. The van der Waals surface area contributed by atoms with Gasteiger partial charge in [0.15, 0.2) is 0 Å². The van der Waals surface area contributed by atoms with Gasteiger partial charge in [0.05, 0.1) is 18.1 Å². The number of hydrogen-bond acceptors (Lipinski definition) is 3. The SMILES string of the molecule is COc1ccc(N(CC(C)C(=O)O)C(C)C)cc1Cl. The summed E-state index contributed by atoms with van der Waals surface area (Å²) in [7, 11) is 1.56. The number of carbonyl (C=O) groups is 1. The number of aliphatic carboxylic acids is 1. The average Bonchev–Trinajstić information content (AvgIpc) is 2.34. The molecule has 5 heteroatoms. The van der Waals surface area contributed by atoms with Crippen LogP contribution < -0.4 is 9.64 Å². The highest BCUT2D eigenvalue weighted by Crippen LogP contribution is 2.30. The maximum absolute atomic E-state index is 11.0. The lowest BCUT2D eigenvalue weighted by atomic mass is 10.1. The van der Waals surface area contributed by atoms with Crippen molar-refractivity contribution in [2.24, 2.45) is 5.92 Å². The van der Waals surface area contributed by atoms with E-state index in [1.54, 1.807) is 26.2 Å². The van der Waals surface area contributed by atoms with Gasteiger partial charge in [0.1, 0.15) is 5.75 Å². The Hall–Kier alpha value is -1.42. The van der Waals surface area contributed by atoms with Crippen molar-refractivity contribution in [2.45, 2.75) is 26.8 Å². The molecule has 0 fully saturated rings. The Balaban J connectivity index is 2.99. The van der Waals surface area contributed by atoms with Crippen LogP contribution in [0.25, 0.3) is 0 Å². The number of rotatable bonds is 6. The monoisotopic (exact) mass is 285 g/mol. The van der Waals surface area contributed by atoms with Crippen molar-refractivity contribution in [3.8, 4) is 5.75 Å². The van der Waals surface area contributed by atoms with Crippen LogP contribution in [0.5, 0.6) is 5.75 Å². The molecule has 0 saturated carbocycles. The molecule has 1 rings (SSSR count). The van der Waals surface area contributed by atoms with E-state index in [0.717, 1.165) is 5.69 Å². The third-order valence-corrected chi connectivity index (χ3v) is 3.28. The van der Waals surface area contributed by atoms with Crippen LogP contribution in [-0.4, -0.2) is 30.8 Å². The van der Waals surface area contributed by atoms with Crippen molar-refractivity contribution >= 4 is 23.3 Å². The molecule has 0 radical (unpaired) electrons. The second kappa shape index (κ2) is 6.66. The number of halogens is 1. The van der Waals surface area contributed by atoms with E-state index < -0.39 is 11.9 Å². The van der Waals surface area contributed by atoms with Gasteiger partial charge in [-0.1, -0.05) is 18.5 Å². The summed E-state index contributed by atoms with van der Waals surface area (Å²) in [6, 6.07) is 5.67. The maximum atomic E-state index is 11.0. The van der Waals surface area contributed by atoms with E-state index in [9.17, 15) is 4.79 Å². The molecule has 0 spiro atoms.